The van der Waals surface area contributed by atoms with Gasteiger partial charge >= 0.3 is 0 Å². The maximum absolute atomic E-state index is 11.3. The number of benzene rings is 2. The molecule has 0 radical (unpaired) electrons. The van der Waals surface area contributed by atoms with Gasteiger partial charge in [0.2, 0.25) is 5.91 Å². The third-order valence-electron chi connectivity index (χ3n) is 6.55. The molecule has 2 saturated heterocycles. The summed E-state index contributed by atoms with van der Waals surface area (Å²) in [5.74, 6) is 0.907. The predicted molar refractivity (Wildman–Crippen MR) is 120 cm³/mol. The van der Waals surface area contributed by atoms with Crippen molar-refractivity contribution < 1.29 is 14.6 Å². The van der Waals surface area contributed by atoms with E-state index >= 15 is 0 Å². The van der Waals surface area contributed by atoms with Gasteiger partial charge in [-0.05, 0) is 44.5 Å². The lowest BCUT2D eigenvalue weighted by Gasteiger charge is -2.30. The van der Waals surface area contributed by atoms with E-state index < -0.39 is 0 Å². The van der Waals surface area contributed by atoms with E-state index in [1.165, 1.54) is 5.56 Å². The number of likely N-dealkylation sites (tertiary alicyclic amines) is 1. The zero-order valence-corrected chi connectivity index (χ0v) is 18.0. The zero-order chi connectivity index (χ0) is 21.8. The van der Waals surface area contributed by atoms with Crippen LogP contribution in [0.15, 0.2) is 48.5 Å². The van der Waals surface area contributed by atoms with Crippen molar-refractivity contribution in [1.82, 2.24) is 15.8 Å². The van der Waals surface area contributed by atoms with E-state index in [4.69, 9.17) is 10.5 Å². The van der Waals surface area contributed by atoms with Crippen LogP contribution in [0, 0.1) is 5.92 Å². The summed E-state index contributed by atoms with van der Waals surface area (Å²) in [4.78, 5) is 13.6. The Balaban J connectivity index is 1.35. The third-order valence-corrected chi connectivity index (χ3v) is 6.55. The SMILES string of the molecule is CC1NNC(c2ccc(OCCN3CCC(C(N)=O)CC3)cc2O)C1c1ccccc1. The molecule has 0 saturated carbocycles. The second-order valence-corrected chi connectivity index (χ2v) is 8.58. The number of hydrogen-bond donors (Lipinski definition) is 4. The molecular formula is C24H32N4O3. The van der Waals surface area contributed by atoms with Gasteiger partial charge in [-0.3, -0.25) is 15.1 Å². The van der Waals surface area contributed by atoms with E-state index in [-0.39, 0.29) is 35.6 Å². The molecule has 3 atom stereocenters. The van der Waals surface area contributed by atoms with Gasteiger partial charge in [0, 0.05) is 36.1 Å². The number of hydrogen-bond acceptors (Lipinski definition) is 6. The van der Waals surface area contributed by atoms with Crippen LogP contribution in [0.5, 0.6) is 11.5 Å². The Bertz CT molecular complexity index is 884. The van der Waals surface area contributed by atoms with E-state index in [0.717, 1.165) is 38.0 Å². The minimum atomic E-state index is -0.192. The lowest BCUT2D eigenvalue weighted by molar-refractivity contribution is -0.123. The number of hydrazine groups is 1. The first kappa shape index (κ1) is 21.6. The number of nitrogens with two attached hydrogens (primary N) is 1. The molecule has 2 aromatic rings. The topological polar surface area (TPSA) is 99.9 Å². The largest absolute Gasteiger partial charge is 0.507 e. The first-order chi connectivity index (χ1) is 15.0. The van der Waals surface area contributed by atoms with Gasteiger partial charge in [0.1, 0.15) is 18.1 Å². The van der Waals surface area contributed by atoms with Gasteiger partial charge < -0.3 is 15.6 Å². The average Bonchev–Trinajstić information content (AvgIpc) is 3.16. The summed E-state index contributed by atoms with van der Waals surface area (Å²) in [6.07, 6.45) is 1.63. The van der Waals surface area contributed by atoms with Crippen LogP contribution in [0.1, 0.15) is 42.9 Å². The first-order valence-electron chi connectivity index (χ1n) is 11.1. The monoisotopic (exact) mass is 424 g/mol. The molecule has 2 aliphatic rings. The Labute approximate surface area is 183 Å². The second kappa shape index (κ2) is 9.68. The van der Waals surface area contributed by atoms with Gasteiger partial charge in [-0.2, -0.15) is 0 Å². The van der Waals surface area contributed by atoms with Crippen LogP contribution in [0.25, 0.3) is 0 Å². The number of aromatic hydroxyl groups is 1. The van der Waals surface area contributed by atoms with Gasteiger partial charge in [0.25, 0.3) is 0 Å². The molecular weight excluding hydrogens is 392 g/mol. The highest BCUT2D eigenvalue weighted by molar-refractivity contribution is 5.76. The quantitative estimate of drug-likeness (QED) is 0.544. The molecule has 166 valence electrons. The van der Waals surface area contributed by atoms with Crippen LogP contribution in [-0.2, 0) is 4.79 Å². The summed E-state index contributed by atoms with van der Waals surface area (Å²) in [6, 6.07) is 16.1. The standard InChI is InChI=1S/C24H32N4O3/c1-16-22(17-5-3-2-4-6-17)23(27-26-16)20-8-7-19(15-21(20)29)31-14-13-28-11-9-18(10-12-28)24(25)30/h2-8,15-16,18,22-23,26-27,29H,9-14H2,1H3,(H2,25,30). The number of phenolic OH excluding ortho intramolecular Hbond substituents is 1. The number of nitrogens with zero attached hydrogens (tertiary/aromatic N) is 1. The number of primary amides is 1. The van der Waals surface area contributed by atoms with Crippen LogP contribution in [-0.4, -0.2) is 48.2 Å². The highest BCUT2D eigenvalue weighted by atomic mass is 16.5. The Morgan fingerprint density at radius 3 is 2.58 bits per heavy atom. The Morgan fingerprint density at radius 2 is 1.90 bits per heavy atom. The highest BCUT2D eigenvalue weighted by Gasteiger charge is 2.36. The summed E-state index contributed by atoms with van der Waals surface area (Å²) in [6.45, 7) is 5.19. The van der Waals surface area contributed by atoms with Crippen molar-refractivity contribution in [3.8, 4) is 11.5 Å². The fourth-order valence-corrected chi connectivity index (χ4v) is 4.73. The van der Waals surface area contributed by atoms with Crippen LogP contribution >= 0.6 is 0 Å². The summed E-state index contributed by atoms with van der Waals surface area (Å²) < 4.78 is 5.88. The van der Waals surface area contributed by atoms with Crippen molar-refractivity contribution in [3.63, 3.8) is 0 Å². The Hall–Kier alpha value is -2.61. The minimum absolute atomic E-state index is 0.00257. The van der Waals surface area contributed by atoms with Crippen molar-refractivity contribution in [2.45, 2.75) is 37.8 Å². The molecule has 7 nitrogen and oxygen atoms in total. The normalized spacial score (nSPS) is 24.9. The van der Waals surface area contributed by atoms with Crippen molar-refractivity contribution >= 4 is 5.91 Å². The second-order valence-electron chi connectivity index (χ2n) is 8.58. The molecule has 4 rings (SSSR count). The third kappa shape index (κ3) is 5.01. The van der Waals surface area contributed by atoms with Crippen LogP contribution < -0.4 is 21.3 Å². The fraction of sp³-hybridized carbons (Fsp3) is 0.458. The number of carbonyl (C=O) groups is 1. The fourth-order valence-electron chi connectivity index (χ4n) is 4.73. The number of nitrogens with one attached hydrogen (secondary N) is 2. The van der Waals surface area contributed by atoms with Gasteiger partial charge in [-0.1, -0.05) is 36.4 Å². The van der Waals surface area contributed by atoms with Crippen molar-refractivity contribution in [2.75, 3.05) is 26.2 Å². The maximum Gasteiger partial charge on any atom is 0.220 e. The molecule has 5 N–H and O–H groups in total. The van der Waals surface area contributed by atoms with Crippen molar-refractivity contribution in [1.29, 1.82) is 0 Å². The molecule has 0 aliphatic carbocycles. The molecule has 2 fully saturated rings. The smallest absolute Gasteiger partial charge is 0.220 e. The molecule has 2 heterocycles. The van der Waals surface area contributed by atoms with Gasteiger partial charge in [0.05, 0.1) is 6.04 Å². The number of phenols is 1. The van der Waals surface area contributed by atoms with Crippen LogP contribution in [0.2, 0.25) is 0 Å². The van der Waals surface area contributed by atoms with Crippen LogP contribution in [0.4, 0.5) is 0 Å². The molecule has 7 heteroatoms. The summed E-state index contributed by atoms with van der Waals surface area (Å²) in [5, 5.41) is 10.7. The number of carbonyl (C=O) groups excluding carboxylic acids is 1. The van der Waals surface area contributed by atoms with E-state index in [9.17, 15) is 9.90 Å². The molecule has 31 heavy (non-hydrogen) atoms. The maximum atomic E-state index is 11.3. The number of piperidine rings is 1. The summed E-state index contributed by atoms with van der Waals surface area (Å²) >= 11 is 0. The molecule has 0 aromatic heterocycles. The predicted octanol–water partition coefficient (Wildman–Crippen LogP) is 2.29. The number of amides is 1. The van der Waals surface area contributed by atoms with Gasteiger partial charge in [-0.15, -0.1) is 0 Å². The number of ether oxygens (including phenoxy) is 1. The van der Waals surface area contributed by atoms with Gasteiger partial charge in [-0.25, -0.2) is 5.43 Å². The molecule has 0 bridgehead atoms. The van der Waals surface area contributed by atoms with Crippen molar-refractivity contribution in [2.24, 2.45) is 11.7 Å². The average molecular weight is 425 g/mol. The molecule has 0 spiro atoms. The first-order valence-corrected chi connectivity index (χ1v) is 11.1. The zero-order valence-electron chi connectivity index (χ0n) is 18.0. The van der Waals surface area contributed by atoms with Crippen LogP contribution in [0.3, 0.4) is 0 Å². The lowest BCUT2D eigenvalue weighted by Crippen LogP contribution is -2.40. The lowest BCUT2D eigenvalue weighted by atomic mass is 9.84. The van der Waals surface area contributed by atoms with E-state index in [2.05, 4.69) is 34.8 Å². The summed E-state index contributed by atoms with van der Waals surface area (Å²) in [5.41, 5.74) is 14.1. The van der Waals surface area contributed by atoms with E-state index in [1.807, 2.05) is 30.3 Å². The molecule has 3 unspecified atom stereocenters. The summed E-state index contributed by atoms with van der Waals surface area (Å²) in [7, 11) is 0. The Morgan fingerprint density at radius 1 is 1.16 bits per heavy atom. The number of rotatable bonds is 7. The highest BCUT2D eigenvalue weighted by Crippen LogP contribution is 2.41. The van der Waals surface area contributed by atoms with E-state index in [1.54, 1.807) is 6.07 Å². The van der Waals surface area contributed by atoms with E-state index in [0.29, 0.717) is 12.4 Å². The molecule has 2 aromatic carbocycles. The minimum Gasteiger partial charge on any atom is -0.507 e. The molecule has 1 amide bonds. The molecule has 2 aliphatic heterocycles. The Kier molecular flexibility index (Phi) is 6.75. The van der Waals surface area contributed by atoms with Crippen molar-refractivity contribution in [3.05, 3.63) is 59.7 Å². The van der Waals surface area contributed by atoms with Gasteiger partial charge in [0.15, 0.2) is 0 Å².